The molecule has 0 aliphatic rings. The minimum atomic E-state index is -0.595. The van der Waals surface area contributed by atoms with E-state index >= 15 is 0 Å². The number of nitrogens with two attached hydrogens (primary N) is 1. The summed E-state index contributed by atoms with van der Waals surface area (Å²) < 4.78 is 5.21. The topological polar surface area (TPSA) is 122 Å². The summed E-state index contributed by atoms with van der Waals surface area (Å²) in [6.07, 6.45) is 3.31. The second-order valence-electron chi connectivity index (χ2n) is 7.51. The van der Waals surface area contributed by atoms with Crippen LogP contribution in [0.25, 0.3) is 0 Å². The Bertz CT molecular complexity index is 750. The van der Waals surface area contributed by atoms with Crippen molar-refractivity contribution < 1.29 is 14.3 Å². The highest BCUT2D eigenvalue weighted by atomic mass is 16.6. The van der Waals surface area contributed by atoms with Crippen molar-refractivity contribution in [1.29, 1.82) is 0 Å². The number of likely N-dealkylation sites (N-methyl/N-ethyl adjacent to an activating group) is 1. The lowest BCUT2D eigenvalue weighted by Crippen LogP contribution is -2.41. The van der Waals surface area contributed by atoms with Crippen LogP contribution in [0.15, 0.2) is 6.20 Å². The summed E-state index contributed by atoms with van der Waals surface area (Å²) in [6, 6.07) is 0. The van der Waals surface area contributed by atoms with E-state index in [1.807, 2.05) is 13.8 Å². The van der Waals surface area contributed by atoms with E-state index in [0.29, 0.717) is 30.8 Å². The summed E-state index contributed by atoms with van der Waals surface area (Å²) in [5.74, 6) is 6.67. The van der Waals surface area contributed by atoms with Crippen LogP contribution >= 0.6 is 0 Å². The van der Waals surface area contributed by atoms with Crippen LogP contribution < -0.4 is 16.4 Å². The van der Waals surface area contributed by atoms with E-state index in [-0.39, 0.29) is 18.4 Å². The Morgan fingerprint density at radius 3 is 2.55 bits per heavy atom. The molecule has 9 nitrogen and oxygen atoms in total. The summed E-state index contributed by atoms with van der Waals surface area (Å²) >= 11 is 0. The van der Waals surface area contributed by atoms with Gasteiger partial charge in [-0.1, -0.05) is 32.6 Å². The molecule has 0 unspecified atom stereocenters. The SMILES string of the molecule is CC.CCCNc1nc(N)ncc1C#CCCCNC(=O)CN(C)C(=O)OC(C)(C)C. The lowest BCUT2D eigenvalue weighted by atomic mass is 10.2. The zero-order valence-electron chi connectivity index (χ0n) is 20.0. The molecule has 4 N–H and O–H groups in total. The molecule has 31 heavy (non-hydrogen) atoms. The molecule has 0 aromatic carbocycles. The van der Waals surface area contributed by atoms with Crippen molar-refractivity contribution in [1.82, 2.24) is 20.2 Å². The van der Waals surface area contributed by atoms with Gasteiger partial charge in [-0.05, 0) is 33.6 Å². The Labute approximate surface area is 186 Å². The Balaban J connectivity index is 0.00000436. The van der Waals surface area contributed by atoms with E-state index in [1.54, 1.807) is 27.0 Å². The van der Waals surface area contributed by atoms with Gasteiger partial charge in [0, 0.05) is 26.6 Å². The monoisotopic (exact) mass is 434 g/mol. The second kappa shape index (κ2) is 14.9. The van der Waals surface area contributed by atoms with Gasteiger partial charge < -0.3 is 26.0 Å². The number of hydrogen-bond donors (Lipinski definition) is 3. The first-order valence-corrected chi connectivity index (χ1v) is 10.7. The van der Waals surface area contributed by atoms with Gasteiger partial charge >= 0.3 is 6.09 Å². The average Bonchev–Trinajstić information content (AvgIpc) is 2.70. The molecule has 0 saturated heterocycles. The fourth-order valence-electron chi connectivity index (χ4n) is 2.10. The van der Waals surface area contributed by atoms with E-state index < -0.39 is 11.7 Å². The predicted molar refractivity (Wildman–Crippen MR) is 125 cm³/mol. The number of amides is 2. The number of nitrogen functional groups attached to an aromatic ring is 1. The van der Waals surface area contributed by atoms with Gasteiger partial charge in [-0.2, -0.15) is 4.98 Å². The third-order valence-electron chi connectivity index (χ3n) is 3.46. The molecule has 1 aromatic heterocycles. The van der Waals surface area contributed by atoms with Gasteiger partial charge in [0.05, 0.1) is 11.8 Å². The first-order valence-electron chi connectivity index (χ1n) is 10.7. The van der Waals surface area contributed by atoms with Crippen LogP contribution in [-0.4, -0.2) is 59.2 Å². The highest BCUT2D eigenvalue weighted by Gasteiger charge is 2.20. The summed E-state index contributed by atoms with van der Waals surface area (Å²) in [7, 11) is 1.53. The van der Waals surface area contributed by atoms with Crippen molar-refractivity contribution in [3.05, 3.63) is 11.8 Å². The highest BCUT2D eigenvalue weighted by molar-refractivity contribution is 5.82. The summed E-state index contributed by atoms with van der Waals surface area (Å²) in [5, 5.41) is 5.95. The molecule has 1 heterocycles. The van der Waals surface area contributed by atoms with E-state index in [4.69, 9.17) is 10.5 Å². The van der Waals surface area contributed by atoms with Crippen LogP contribution in [0, 0.1) is 11.8 Å². The van der Waals surface area contributed by atoms with E-state index in [2.05, 4.69) is 39.4 Å². The zero-order valence-corrected chi connectivity index (χ0v) is 20.0. The molecule has 0 fully saturated rings. The molecule has 0 atom stereocenters. The molecule has 2 amide bonds. The van der Waals surface area contributed by atoms with Crippen LogP contribution in [0.3, 0.4) is 0 Å². The molecule has 0 saturated carbocycles. The molecule has 0 bridgehead atoms. The molecule has 0 spiro atoms. The number of nitrogens with one attached hydrogen (secondary N) is 2. The Morgan fingerprint density at radius 1 is 1.26 bits per heavy atom. The fraction of sp³-hybridized carbons (Fsp3) is 0.636. The first-order chi connectivity index (χ1) is 14.6. The number of rotatable bonds is 8. The highest BCUT2D eigenvalue weighted by Crippen LogP contribution is 2.11. The quantitative estimate of drug-likeness (QED) is 0.424. The molecule has 0 aliphatic carbocycles. The maximum Gasteiger partial charge on any atom is 0.410 e. The van der Waals surface area contributed by atoms with Gasteiger partial charge in [0.2, 0.25) is 11.9 Å². The predicted octanol–water partition coefficient (Wildman–Crippen LogP) is 3.02. The number of anilines is 2. The number of aromatic nitrogens is 2. The molecule has 1 rings (SSSR count). The Hall–Kier alpha value is -3.02. The van der Waals surface area contributed by atoms with Crippen molar-refractivity contribution in [3.8, 4) is 11.8 Å². The summed E-state index contributed by atoms with van der Waals surface area (Å²) in [5.41, 5.74) is 5.72. The molecule has 174 valence electrons. The normalized spacial score (nSPS) is 10.0. The minimum Gasteiger partial charge on any atom is -0.444 e. The number of ether oxygens (including phenoxy) is 1. The number of hydrogen-bond acceptors (Lipinski definition) is 7. The second-order valence-corrected chi connectivity index (χ2v) is 7.51. The van der Waals surface area contributed by atoms with Crippen molar-refractivity contribution in [2.75, 3.05) is 37.7 Å². The van der Waals surface area contributed by atoms with Gasteiger partial charge in [-0.3, -0.25) is 4.79 Å². The van der Waals surface area contributed by atoms with Crippen LogP contribution in [-0.2, 0) is 9.53 Å². The van der Waals surface area contributed by atoms with Crippen LogP contribution in [0.5, 0.6) is 0 Å². The average molecular weight is 435 g/mol. The van der Waals surface area contributed by atoms with Gasteiger partial charge in [0.15, 0.2) is 0 Å². The third-order valence-corrected chi connectivity index (χ3v) is 3.46. The first kappa shape index (κ1) is 28.0. The van der Waals surface area contributed by atoms with E-state index in [0.717, 1.165) is 13.0 Å². The number of nitrogens with zero attached hydrogens (tertiary/aromatic N) is 3. The Kier molecular flexibility index (Phi) is 13.4. The van der Waals surface area contributed by atoms with Gasteiger partial charge in [-0.15, -0.1) is 0 Å². The number of unbranched alkanes of at least 4 members (excludes halogenated alkanes) is 1. The van der Waals surface area contributed by atoms with Crippen LogP contribution in [0.1, 0.15) is 66.4 Å². The Morgan fingerprint density at radius 2 is 1.94 bits per heavy atom. The summed E-state index contributed by atoms with van der Waals surface area (Å²) in [6.45, 7) is 12.6. The van der Waals surface area contributed by atoms with Crippen molar-refractivity contribution in [2.45, 2.75) is 66.4 Å². The smallest absolute Gasteiger partial charge is 0.410 e. The molecule has 0 radical (unpaired) electrons. The maximum atomic E-state index is 11.9. The molecule has 9 heteroatoms. The molecular formula is C22H38N6O3. The standard InChI is InChI=1S/C20H32N6O3.C2H6/c1-6-11-23-17-15(13-24-18(21)25-17)10-8-7-9-12-22-16(27)14-26(5)19(28)29-20(2,3)4;1-2/h13H,6-7,9,11-12,14H2,1-5H3,(H,22,27)(H3,21,23,24,25);1-2H3. The molecule has 0 aliphatic heterocycles. The van der Waals surface area contributed by atoms with Gasteiger partial charge in [0.1, 0.15) is 18.0 Å². The van der Waals surface area contributed by atoms with Crippen molar-refractivity contribution >= 4 is 23.8 Å². The zero-order chi connectivity index (χ0) is 23.9. The lowest BCUT2D eigenvalue weighted by molar-refractivity contribution is -0.122. The minimum absolute atomic E-state index is 0.0597. The van der Waals surface area contributed by atoms with Crippen LogP contribution in [0.4, 0.5) is 16.6 Å². The van der Waals surface area contributed by atoms with Crippen molar-refractivity contribution in [3.63, 3.8) is 0 Å². The van der Waals surface area contributed by atoms with E-state index in [1.165, 1.54) is 11.9 Å². The lowest BCUT2D eigenvalue weighted by Gasteiger charge is -2.24. The maximum absolute atomic E-state index is 11.9. The third kappa shape index (κ3) is 13.0. The fourth-order valence-corrected chi connectivity index (χ4v) is 2.10. The van der Waals surface area contributed by atoms with Crippen molar-refractivity contribution in [2.24, 2.45) is 0 Å². The van der Waals surface area contributed by atoms with Crippen LogP contribution in [0.2, 0.25) is 0 Å². The largest absolute Gasteiger partial charge is 0.444 e. The molecular weight excluding hydrogens is 396 g/mol. The molecule has 1 aromatic rings. The summed E-state index contributed by atoms with van der Waals surface area (Å²) in [4.78, 5) is 33.1. The van der Waals surface area contributed by atoms with E-state index in [9.17, 15) is 9.59 Å². The number of carbonyl (C=O) groups excluding carboxylic acids is 2. The van der Waals surface area contributed by atoms with Gasteiger partial charge in [0.25, 0.3) is 0 Å². The number of carbonyl (C=O) groups is 2. The van der Waals surface area contributed by atoms with Gasteiger partial charge in [-0.25, -0.2) is 9.78 Å².